The van der Waals surface area contributed by atoms with E-state index in [1.165, 1.54) is 24.2 Å². The Labute approximate surface area is 132 Å². The van der Waals surface area contributed by atoms with Crippen LogP contribution in [0.5, 0.6) is 0 Å². The summed E-state index contributed by atoms with van der Waals surface area (Å²) in [6.07, 6.45) is 5.49. The van der Waals surface area contributed by atoms with Crippen LogP contribution in [0.15, 0.2) is 0 Å². The molecule has 0 bridgehead atoms. The third-order valence-corrected chi connectivity index (χ3v) is 4.69. The van der Waals surface area contributed by atoms with Crippen LogP contribution in [0.3, 0.4) is 0 Å². The summed E-state index contributed by atoms with van der Waals surface area (Å²) in [7, 11) is 0. The molecule has 2 fully saturated rings. The summed E-state index contributed by atoms with van der Waals surface area (Å²) in [6, 6.07) is -0.0896. The van der Waals surface area contributed by atoms with Gasteiger partial charge in [-0.1, -0.05) is 19.8 Å². The maximum Gasteiger partial charge on any atom is 0.325 e. The first kappa shape index (κ1) is 16.8. The molecule has 0 aromatic heterocycles. The van der Waals surface area contributed by atoms with Crippen LogP contribution in [0, 0.1) is 5.92 Å². The quantitative estimate of drug-likeness (QED) is 0.760. The lowest BCUT2D eigenvalue weighted by Crippen LogP contribution is -2.41. The number of imide groups is 1. The first-order valence-corrected chi connectivity index (χ1v) is 8.25. The van der Waals surface area contributed by atoms with Gasteiger partial charge in [0.25, 0.3) is 5.91 Å². The van der Waals surface area contributed by atoms with Crippen molar-refractivity contribution in [3.63, 3.8) is 0 Å². The Morgan fingerprint density at radius 3 is 2.59 bits per heavy atom. The summed E-state index contributed by atoms with van der Waals surface area (Å²) in [6.45, 7) is 5.84. The van der Waals surface area contributed by atoms with Crippen molar-refractivity contribution in [3.05, 3.63) is 0 Å². The molecule has 6 nitrogen and oxygen atoms in total. The summed E-state index contributed by atoms with van der Waals surface area (Å²) in [5.74, 6) is 0.327. The highest BCUT2D eigenvalue weighted by Gasteiger charge is 2.43. The SMILES string of the molecule is C[C@H]1CCCC[C@H]1NC(=O)CCCN1C(=O)NC(C)(C)C1=O. The Bertz CT molecular complexity index is 462. The molecular formula is C16H27N3O3. The molecule has 22 heavy (non-hydrogen) atoms. The minimum Gasteiger partial charge on any atom is -0.353 e. The Hall–Kier alpha value is -1.59. The predicted molar refractivity (Wildman–Crippen MR) is 83.1 cm³/mol. The number of hydrogen-bond donors (Lipinski definition) is 2. The predicted octanol–water partition coefficient (Wildman–Crippen LogP) is 1.79. The molecule has 2 atom stereocenters. The number of rotatable bonds is 5. The molecule has 0 aromatic rings. The van der Waals surface area contributed by atoms with Gasteiger partial charge in [0.1, 0.15) is 5.54 Å². The summed E-state index contributed by atoms with van der Waals surface area (Å²) < 4.78 is 0. The Morgan fingerprint density at radius 2 is 2.00 bits per heavy atom. The highest BCUT2D eigenvalue weighted by atomic mass is 16.2. The number of carbonyl (C=O) groups excluding carboxylic acids is 3. The van der Waals surface area contributed by atoms with Gasteiger partial charge in [0.2, 0.25) is 5.91 Å². The average molecular weight is 309 g/mol. The van der Waals surface area contributed by atoms with Gasteiger partial charge in [0, 0.05) is 19.0 Å². The second kappa shape index (κ2) is 6.67. The van der Waals surface area contributed by atoms with E-state index in [2.05, 4.69) is 17.6 Å². The molecule has 2 N–H and O–H groups in total. The molecule has 124 valence electrons. The number of carbonyl (C=O) groups is 3. The van der Waals surface area contributed by atoms with Crippen molar-refractivity contribution in [1.29, 1.82) is 0 Å². The van der Waals surface area contributed by atoms with E-state index < -0.39 is 5.54 Å². The fourth-order valence-electron chi connectivity index (χ4n) is 3.23. The van der Waals surface area contributed by atoms with E-state index in [0.29, 0.717) is 25.3 Å². The van der Waals surface area contributed by atoms with Gasteiger partial charge in [-0.15, -0.1) is 0 Å². The van der Waals surface area contributed by atoms with Crippen LogP contribution < -0.4 is 10.6 Å². The zero-order chi connectivity index (χ0) is 16.3. The maximum absolute atomic E-state index is 12.0. The third kappa shape index (κ3) is 3.78. The Kier molecular flexibility index (Phi) is 5.08. The molecule has 0 aromatic carbocycles. The molecule has 2 aliphatic rings. The van der Waals surface area contributed by atoms with Crippen LogP contribution in [0.25, 0.3) is 0 Å². The smallest absolute Gasteiger partial charge is 0.325 e. The van der Waals surface area contributed by atoms with E-state index >= 15 is 0 Å². The fraction of sp³-hybridized carbons (Fsp3) is 0.812. The van der Waals surface area contributed by atoms with Crippen molar-refractivity contribution in [3.8, 4) is 0 Å². The summed E-state index contributed by atoms with van der Waals surface area (Å²) in [4.78, 5) is 37.0. The van der Waals surface area contributed by atoms with E-state index in [9.17, 15) is 14.4 Å². The summed E-state index contributed by atoms with van der Waals surface area (Å²) in [5.41, 5.74) is -0.836. The van der Waals surface area contributed by atoms with Crippen LogP contribution in [-0.4, -0.2) is 40.9 Å². The standard InChI is InChI=1S/C16H27N3O3/c1-11-7-4-5-8-12(11)17-13(20)9-6-10-19-14(21)16(2,3)18-15(19)22/h11-12H,4-10H2,1-3H3,(H,17,20)(H,18,22)/t11-,12+/m0/s1. The number of amides is 4. The van der Waals surface area contributed by atoms with E-state index in [1.54, 1.807) is 13.8 Å². The van der Waals surface area contributed by atoms with Crippen molar-refractivity contribution in [2.45, 2.75) is 70.9 Å². The second-order valence-electron chi connectivity index (χ2n) is 7.05. The molecule has 0 radical (unpaired) electrons. The van der Waals surface area contributed by atoms with Gasteiger partial charge in [-0.2, -0.15) is 0 Å². The topological polar surface area (TPSA) is 78.5 Å². The van der Waals surface area contributed by atoms with Gasteiger partial charge in [-0.3, -0.25) is 14.5 Å². The molecule has 1 saturated carbocycles. The van der Waals surface area contributed by atoms with Crippen molar-refractivity contribution in [2.75, 3.05) is 6.54 Å². The van der Waals surface area contributed by atoms with Crippen LogP contribution in [-0.2, 0) is 9.59 Å². The lowest BCUT2D eigenvalue weighted by atomic mass is 9.86. The van der Waals surface area contributed by atoms with Crippen LogP contribution >= 0.6 is 0 Å². The van der Waals surface area contributed by atoms with Gasteiger partial charge in [0.15, 0.2) is 0 Å². The molecule has 0 unspecified atom stereocenters. The first-order chi connectivity index (χ1) is 10.3. The van der Waals surface area contributed by atoms with E-state index in [0.717, 1.165) is 6.42 Å². The molecule has 1 saturated heterocycles. The zero-order valence-corrected chi connectivity index (χ0v) is 13.8. The van der Waals surface area contributed by atoms with Gasteiger partial charge in [-0.05, 0) is 39.0 Å². The van der Waals surface area contributed by atoms with Crippen molar-refractivity contribution < 1.29 is 14.4 Å². The van der Waals surface area contributed by atoms with Crippen LogP contribution in [0.1, 0.15) is 59.3 Å². The second-order valence-corrected chi connectivity index (χ2v) is 7.05. The lowest BCUT2D eigenvalue weighted by Gasteiger charge is -2.29. The Morgan fingerprint density at radius 1 is 1.32 bits per heavy atom. The van der Waals surface area contributed by atoms with Gasteiger partial charge in [0.05, 0.1) is 0 Å². The highest BCUT2D eigenvalue weighted by molar-refractivity contribution is 6.06. The lowest BCUT2D eigenvalue weighted by molar-refractivity contribution is -0.130. The number of hydrogen-bond acceptors (Lipinski definition) is 3. The maximum atomic E-state index is 12.0. The van der Waals surface area contributed by atoms with Crippen molar-refractivity contribution in [1.82, 2.24) is 15.5 Å². The molecule has 1 aliphatic heterocycles. The van der Waals surface area contributed by atoms with Crippen LogP contribution in [0.4, 0.5) is 4.79 Å². The largest absolute Gasteiger partial charge is 0.353 e. The van der Waals surface area contributed by atoms with Crippen molar-refractivity contribution in [2.24, 2.45) is 5.92 Å². The number of nitrogens with zero attached hydrogens (tertiary/aromatic N) is 1. The zero-order valence-electron chi connectivity index (χ0n) is 13.8. The Balaban J connectivity index is 1.73. The fourth-order valence-corrected chi connectivity index (χ4v) is 3.23. The van der Waals surface area contributed by atoms with E-state index in [-0.39, 0.29) is 23.9 Å². The molecule has 6 heteroatoms. The van der Waals surface area contributed by atoms with Crippen LogP contribution in [0.2, 0.25) is 0 Å². The van der Waals surface area contributed by atoms with E-state index in [1.807, 2.05) is 0 Å². The normalized spacial score (nSPS) is 27.7. The van der Waals surface area contributed by atoms with Gasteiger partial charge < -0.3 is 10.6 Å². The molecule has 4 amide bonds. The monoisotopic (exact) mass is 309 g/mol. The number of nitrogens with one attached hydrogen (secondary N) is 2. The minimum absolute atomic E-state index is 0.0186. The van der Waals surface area contributed by atoms with Gasteiger partial charge in [-0.25, -0.2) is 4.79 Å². The molecule has 1 aliphatic carbocycles. The molecule has 0 spiro atoms. The van der Waals surface area contributed by atoms with Gasteiger partial charge >= 0.3 is 6.03 Å². The van der Waals surface area contributed by atoms with E-state index in [4.69, 9.17) is 0 Å². The molecular weight excluding hydrogens is 282 g/mol. The summed E-state index contributed by atoms with van der Waals surface area (Å²) >= 11 is 0. The molecule has 2 rings (SSSR count). The highest BCUT2D eigenvalue weighted by Crippen LogP contribution is 2.23. The minimum atomic E-state index is -0.836. The average Bonchev–Trinajstić information content (AvgIpc) is 2.63. The molecule has 1 heterocycles. The number of urea groups is 1. The first-order valence-electron chi connectivity index (χ1n) is 8.25. The van der Waals surface area contributed by atoms with Crippen molar-refractivity contribution >= 4 is 17.8 Å². The third-order valence-electron chi connectivity index (χ3n) is 4.69. The summed E-state index contributed by atoms with van der Waals surface area (Å²) in [5, 5.41) is 5.73.